The standard InChI is InChI=1S/C26H26F3N7O4/c1-38-23-14-31-12-21(35-23)33-11-20(37)17-5-16(6-19(7-17)26(27,28)29)18-4-15(8-30-10-18)9-32-22-13-34-24(39-2)25(36-22)40-3/h4-8,10,12-14,20,37H,9,11H2,1-3H3,(H,32,36)(H,33,35). The summed E-state index contributed by atoms with van der Waals surface area (Å²) in [4.78, 5) is 20.6. The van der Waals surface area contributed by atoms with Gasteiger partial charge in [-0.15, -0.1) is 0 Å². The molecule has 0 amide bonds. The van der Waals surface area contributed by atoms with Crippen LogP contribution in [0.25, 0.3) is 11.1 Å². The molecule has 210 valence electrons. The second-order valence-corrected chi connectivity index (χ2v) is 8.39. The summed E-state index contributed by atoms with van der Waals surface area (Å²) in [5, 5.41) is 16.7. The molecule has 3 aromatic heterocycles. The van der Waals surface area contributed by atoms with Crippen molar-refractivity contribution in [3.63, 3.8) is 0 Å². The number of pyridine rings is 1. The Hall–Kier alpha value is -4.72. The number of halogens is 3. The second-order valence-electron chi connectivity index (χ2n) is 8.39. The molecule has 1 aromatic carbocycles. The summed E-state index contributed by atoms with van der Waals surface area (Å²) in [6.07, 6.45) is 1.39. The predicted molar refractivity (Wildman–Crippen MR) is 139 cm³/mol. The Bertz CT molecular complexity index is 1460. The van der Waals surface area contributed by atoms with Gasteiger partial charge in [0.05, 0.1) is 51.6 Å². The van der Waals surface area contributed by atoms with E-state index in [1.165, 1.54) is 52.2 Å². The summed E-state index contributed by atoms with van der Waals surface area (Å²) in [6, 6.07) is 5.13. The summed E-state index contributed by atoms with van der Waals surface area (Å²) in [5.74, 6) is 1.38. The van der Waals surface area contributed by atoms with Crippen molar-refractivity contribution >= 4 is 11.6 Å². The maximum absolute atomic E-state index is 13.8. The zero-order chi connectivity index (χ0) is 28.7. The van der Waals surface area contributed by atoms with Crippen molar-refractivity contribution < 1.29 is 32.5 Å². The normalized spacial score (nSPS) is 12.0. The summed E-state index contributed by atoms with van der Waals surface area (Å²) in [6.45, 7) is 0.141. The van der Waals surface area contributed by atoms with Crippen LogP contribution in [-0.2, 0) is 12.7 Å². The van der Waals surface area contributed by atoms with Crippen LogP contribution in [0.1, 0.15) is 22.8 Å². The topological polar surface area (TPSA) is 136 Å². The van der Waals surface area contributed by atoms with E-state index in [4.69, 9.17) is 14.2 Å². The fraction of sp³-hybridized carbons (Fsp3) is 0.269. The Labute approximate surface area is 227 Å². The van der Waals surface area contributed by atoms with Gasteiger partial charge in [-0.1, -0.05) is 0 Å². The molecule has 14 heteroatoms. The number of nitrogens with zero attached hydrogens (tertiary/aromatic N) is 5. The molecule has 0 fully saturated rings. The quantitative estimate of drug-likeness (QED) is 0.246. The van der Waals surface area contributed by atoms with Gasteiger partial charge in [-0.3, -0.25) is 9.97 Å². The third kappa shape index (κ3) is 7.02. The molecule has 11 nitrogen and oxygen atoms in total. The average molecular weight is 558 g/mol. The van der Waals surface area contributed by atoms with Gasteiger partial charge in [0.1, 0.15) is 11.6 Å². The van der Waals surface area contributed by atoms with Gasteiger partial charge in [-0.25, -0.2) is 4.98 Å². The molecule has 0 saturated heterocycles. The number of methoxy groups -OCH3 is 3. The Morgan fingerprint density at radius 2 is 1.55 bits per heavy atom. The summed E-state index contributed by atoms with van der Waals surface area (Å²) < 4.78 is 56.6. The molecule has 0 aliphatic heterocycles. The molecular formula is C26H26F3N7O4. The van der Waals surface area contributed by atoms with Crippen LogP contribution in [-0.4, -0.2) is 57.9 Å². The Balaban J connectivity index is 1.55. The lowest BCUT2D eigenvalue weighted by molar-refractivity contribution is -0.137. The van der Waals surface area contributed by atoms with Gasteiger partial charge >= 0.3 is 6.18 Å². The van der Waals surface area contributed by atoms with Crippen molar-refractivity contribution in [3.05, 3.63) is 71.9 Å². The minimum absolute atomic E-state index is 0.0670. The van der Waals surface area contributed by atoms with Gasteiger partial charge in [0.25, 0.3) is 11.8 Å². The molecule has 4 aromatic rings. The van der Waals surface area contributed by atoms with Crippen molar-refractivity contribution in [2.75, 3.05) is 38.5 Å². The maximum Gasteiger partial charge on any atom is 0.416 e. The molecule has 4 rings (SSSR count). The van der Waals surface area contributed by atoms with E-state index < -0.39 is 17.8 Å². The van der Waals surface area contributed by atoms with Crippen molar-refractivity contribution in [2.24, 2.45) is 0 Å². The van der Waals surface area contributed by atoms with E-state index in [9.17, 15) is 18.3 Å². The highest BCUT2D eigenvalue weighted by Gasteiger charge is 2.32. The van der Waals surface area contributed by atoms with Gasteiger partial charge in [-0.2, -0.15) is 23.1 Å². The van der Waals surface area contributed by atoms with Crippen LogP contribution in [0.3, 0.4) is 0 Å². The number of benzene rings is 1. The molecule has 0 aliphatic carbocycles. The zero-order valence-corrected chi connectivity index (χ0v) is 21.7. The minimum Gasteiger partial charge on any atom is -0.480 e. The number of rotatable bonds is 11. The molecule has 3 N–H and O–H groups in total. The highest BCUT2D eigenvalue weighted by atomic mass is 19.4. The molecule has 1 atom stereocenters. The Morgan fingerprint density at radius 1 is 0.800 bits per heavy atom. The Kier molecular flexibility index (Phi) is 8.79. The number of ether oxygens (including phenoxy) is 3. The lowest BCUT2D eigenvalue weighted by Crippen LogP contribution is -2.15. The zero-order valence-electron chi connectivity index (χ0n) is 21.7. The highest BCUT2D eigenvalue weighted by molar-refractivity contribution is 5.65. The lowest BCUT2D eigenvalue weighted by Gasteiger charge is -2.17. The Morgan fingerprint density at radius 3 is 2.27 bits per heavy atom. The van der Waals surface area contributed by atoms with Gasteiger partial charge in [0, 0.05) is 31.0 Å². The van der Waals surface area contributed by atoms with Crippen LogP contribution in [0.2, 0.25) is 0 Å². The average Bonchev–Trinajstić information content (AvgIpc) is 2.98. The predicted octanol–water partition coefficient (Wildman–Crippen LogP) is 4.13. The molecular weight excluding hydrogens is 531 g/mol. The molecule has 40 heavy (non-hydrogen) atoms. The lowest BCUT2D eigenvalue weighted by atomic mass is 9.97. The largest absolute Gasteiger partial charge is 0.480 e. The molecule has 0 bridgehead atoms. The van der Waals surface area contributed by atoms with E-state index in [0.29, 0.717) is 22.8 Å². The molecule has 0 aliphatic rings. The van der Waals surface area contributed by atoms with E-state index in [-0.39, 0.29) is 41.9 Å². The fourth-order valence-corrected chi connectivity index (χ4v) is 3.68. The molecule has 0 radical (unpaired) electrons. The van der Waals surface area contributed by atoms with Crippen LogP contribution in [0, 0.1) is 0 Å². The van der Waals surface area contributed by atoms with Crippen molar-refractivity contribution in [2.45, 2.75) is 18.8 Å². The summed E-state index contributed by atoms with van der Waals surface area (Å²) in [7, 11) is 4.31. The van der Waals surface area contributed by atoms with Crippen LogP contribution in [0.15, 0.2) is 55.2 Å². The number of hydrogen-bond acceptors (Lipinski definition) is 11. The molecule has 0 spiro atoms. The summed E-state index contributed by atoms with van der Waals surface area (Å²) >= 11 is 0. The van der Waals surface area contributed by atoms with E-state index in [1.807, 2.05) is 0 Å². The first kappa shape index (κ1) is 28.3. The third-order valence-corrected chi connectivity index (χ3v) is 5.66. The fourth-order valence-electron chi connectivity index (χ4n) is 3.68. The van der Waals surface area contributed by atoms with Gasteiger partial charge in [-0.05, 0) is 41.0 Å². The first-order valence-electron chi connectivity index (χ1n) is 11.8. The third-order valence-electron chi connectivity index (χ3n) is 5.66. The van der Waals surface area contributed by atoms with E-state index in [1.54, 1.807) is 12.3 Å². The van der Waals surface area contributed by atoms with Crippen molar-refractivity contribution in [1.82, 2.24) is 24.9 Å². The maximum atomic E-state index is 13.8. The first-order chi connectivity index (χ1) is 19.2. The number of aromatic nitrogens is 5. The van der Waals surface area contributed by atoms with Crippen molar-refractivity contribution in [3.8, 4) is 28.8 Å². The molecule has 1 unspecified atom stereocenters. The number of anilines is 2. The van der Waals surface area contributed by atoms with Crippen molar-refractivity contribution in [1.29, 1.82) is 0 Å². The minimum atomic E-state index is -4.63. The first-order valence-corrected chi connectivity index (χ1v) is 11.8. The van der Waals surface area contributed by atoms with Gasteiger partial charge in [0.15, 0.2) is 0 Å². The van der Waals surface area contributed by atoms with Crippen LogP contribution >= 0.6 is 0 Å². The van der Waals surface area contributed by atoms with Gasteiger partial charge < -0.3 is 30.0 Å². The van der Waals surface area contributed by atoms with E-state index in [2.05, 4.69) is 35.6 Å². The SMILES string of the molecule is COc1cncc(NCC(O)c2cc(-c3cncc(CNc4cnc(OC)c(OC)n4)c3)cc(C(F)(F)F)c2)n1. The monoisotopic (exact) mass is 557 g/mol. The van der Waals surface area contributed by atoms with E-state index >= 15 is 0 Å². The number of aliphatic hydroxyl groups excluding tert-OH is 1. The van der Waals surface area contributed by atoms with E-state index in [0.717, 1.165) is 12.1 Å². The number of hydrogen-bond donors (Lipinski definition) is 3. The molecule has 0 saturated carbocycles. The highest BCUT2D eigenvalue weighted by Crippen LogP contribution is 2.35. The smallest absolute Gasteiger partial charge is 0.416 e. The summed E-state index contributed by atoms with van der Waals surface area (Å²) in [5.41, 5.74) is 0.516. The number of alkyl halides is 3. The number of nitrogens with one attached hydrogen (secondary N) is 2. The van der Waals surface area contributed by atoms with Crippen LogP contribution in [0.4, 0.5) is 24.8 Å². The van der Waals surface area contributed by atoms with Crippen LogP contribution < -0.4 is 24.8 Å². The molecule has 3 heterocycles. The second kappa shape index (κ2) is 12.4. The van der Waals surface area contributed by atoms with Gasteiger partial charge in [0.2, 0.25) is 5.88 Å². The number of aliphatic hydroxyl groups is 1. The van der Waals surface area contributed by atoms with Crippen LogP contribution in [0.5, 0.6) is 17.6 Å².